The van der Waals surface area contributed by atoms with Crippen LogP contribution >= 0.6 is 0 Å². The molecule has 0 bridgehead atoms. The first-order valence-electron chi connectivity index (χ1n) is 11.8. The van der Waals surface area contributed by atoms with Gasteiger partial charge < -0.3 is 9.16 Å². The lowest BCUT2D eigenvalue weighted by molar-refractivity contribution is -0.0667. The Morgan fingerprint density at radius 1 is 0.900 bits per heavy atom. The summed E-state index contributed by atoms with van der Waals surface area (Å²) in [6.45, 7) is 18.0. The molecule has 7 heteroatoms. The second-order valence-electron chi connectivity index (χ2n) is 10.9. The van der Waals surface area contributed by atoms with E-state index in [1.807, 2.05) is 0 Å². The Balaban J connectivity index is 2.97. The molecule has 1 rings (SSSR count). The van der Waals surface area contributed by atoms with E-state index in [0.717, 1.165) is 51.2 Å². The van der Waals surface area contributed by atoms with Gasteiger partial charge in [-0.15, -0.1) is 0 Å². The molecule has 4 atom stereocenters. The molecule has 30 heavy (non-hydrogen) atoms. The van der Waals surface area contributed by atoms with Gasteiger partial charge in [0.2, 0.25) is 9.04 Å². The molecule has 179 valence electrons. The molecule has 0 unspecified atom stereocenters. The second-order valence-corrected chi connectivity index (χ2v) is 16.4. The van der Waals surface area contributed by atoms with E-state index in [0.29, 0.717) is 6.42 Å². The maximum absolute atomic E-state index is 11.8. The van der Waals surface area contributed by atoms with E-state index >= 15 is 0 Å². The van der Waals surface area contributed by atoms with Crippen LogP contribution in [-0.2, 0) is 23.5 Å². The summed E-state index contributed by atoms with van der Waals surface area (Å²) in [5.74, 6) is 0. The minimum Gasteiger partial charge on any atom is -0.410 e. The molecule has 0 aromatic carbocycles. The fourth-order valence-electron chi connectivity index (χ4n) is 4.52. The summed E-state index contributed by atoms with van der Waals surface area (Å²) in [4.78, 5) is 0. The molecule has 0 aromatic rings. The molecule has 1 heterocycles. The second kappa shape index (κ2) is 11.8. The standard InChI is InChI=1S/C23H47O5SSi/c1-10-12-14-20(27-29(9,24)25)18-16-17-19(26-18)21(15-13-11-2)28-30(22(3,4)5)23(6,7)8/h18-21H,10-17H2,1-9H3/t18-,19+,20-,21-/m0/s1. The summed E-state index contributed by atoms with van der Waals surface area (Å²) < 4.78 is 42.4. The van der Waals surface area contributed by atoms with Crippen molar-refractivity contribution in [1.82, 2.24) is 0 Å². The van der Waals surface area contributed by atoms with Crippen molar-refractivity contribution in [3.8, 4) is 0 Å². The summed E-state index contributed by atoms with van der Waals surface area (Å²) in [5.41, 5.74) is 0. The Bertz CT molecular complexity index is 580. The number of hydrogen-bond acceptors (Lipinski definition) is 5. The first kappa shape index (κ1) is 28.1. The van der Waals surface area contributed by atoms with Crippen LogP contribution in [0.2, 0.25) is 10.1 Å². The molecule has 1 fully saturated rings. The third-order valence-electron chi connectivity index (χ3n) is 5.53. The Morgan fingerprint density at radius 2 is 1.33 bits per heavy atom. The van der Waals surface area contributed by atoms with Gasteiger partial charge in [0.05, 0.1) is 24.6 Å². The van der Waals surface area contributed by atoms with Crippen molar-refractivity contribution < 1.29 is 21.8 Å². The fraction of sp³-hybridized carbons (Fsp3) is 1.00. The highest BCUT2D eigenvalue weighted by Crippen LogP contribution is 2.44. The fourth-order valence-corrected chi connectivity index (χ4v) is 8.72. The molecule has 1 radical (unpaired) electrons. The lowest BCUT2D eigenvalue weighted by Gasteiger charge is -2.41. The molecule has 0 aliphatic carbocycles. The summed E-state index contributed by atoms with van der Waals surface area (Å²) in [7, 11) is -4.63. The van der Waals surface area contributed by atoms with Crippen LogP contribution < -0.4 is 0 Å². The van der Waals surface area contributed by atoms with Crippen LogP contribution in [0.4, 0.5) is 0 Å². The highest BCUT2D eigenvalue weighted by atomic mass is 32.2. The number of hydrogen-bond donors (Lipinski definition) is 0. The van der Waals surface area contributed by atoms with Crippen molar-refractivity contribution in [2.45, 2.75) is 141 Å². The zero-order chi connectivity index (χ0) is 23.2. The van der Waals surface area contributed by atoms with Gasteiger partial charge in [0, 0.05) is 0 Å². The topological polar surface area (TPSA) is 61.8 Å². The van der Waals surface area contributed by atoms with E-state index < -0.39 is 25.3 Å². The predicted octanol–water partition coefficient (Wildman–Crippen LogP) is 6.24. The highest BCUT2D eigenvalue weighted by Gasteiger charge is 2.44. The maximum Gasteiger partial charge on any atom is 0.264 e. The van der Waals surface area contributed by atoms with E-state index in [1.54, 1.807) is 0 Å². The van der Waals surface area contributed by atoms with Crippen LogP contribution in [0, 0.1) is 0 Å². The minimum absolute atomic E-state index is 0.0125. The summed E-state index contributed by atoms with van der Waals surface area (Å²) in [5, 5.41) is 0.239. The van der Waals surface area contributed by atoms with E-state index in [2.05, 4.69) is 55.4 Å². The van der Waals surface area contributed by atoms with Gasteiger partial charge in [-0.2, -0.15) is 8.42 Å². The van der Waals surface area contributed by atoms with Crippen molar-refractivity contribution in [3.63, 3.8) is 0 Å². The van der Waals surface area contributed by atoms with Gasteiger partial charge in [-0.3, -0.25) is 4.18 Å². The number of unbranched alkanes of at least 4 members (excludes halogenated alkanes) is 2. The van der Waals surface area contributed by atoms with Crippen LogP contribution in [0.3, 0.4) is 0 Å². The Hall–Kier alpha value is 0.0469. The Kier molecular flexibility index (Phi) is 11.0. The highest BCUT2D eigenvalue weighted by molar-refractivity contribution is 7.86. The zero-order valence-corrected chi connectivity index (χ0v) is 22.7. The lowest BCUT2D eigenvalue weighted by Crippen LogP contribution is -2.45. The van der Waals surface area contributed by atoms with Gasteiger partial charge in [0.1, 0.15) is 6.10 Å². The molecule has 0 aromatic heterocycles. The lowest BCUT2D eigenvalue weighted by atomic mass is 10.0. The van der Waals surface area contributed by atoms with Crippen LogP contribution in [0.25, 0.3) is 0 Å². The molecule has 0 spiro atoms. The first-order chi connectivity index (χ1) is 13.7. The molecule has 0 N–H and O–H groups in total. The average molecular weight is 464 g/mol. The predicted molar refractivity (Wildman–Crippen MR) is 127 cm³/mol. The summed E-state index contributed by atoms with van der Waals surface area (Å²) in [6.07, 6.45) is 8.23. The monoisotopic (exact) mass is 463 g/mol. The average Bonchev–Trinajstić information content (AvgIpc) is 3.05. The van der Waals surface area contributed by atoms with E-state index in [1.165, 1.54) is 0 Å². The smallest absolute Gasteiger partial charge is 0.264 e. The minimum atomic E-state index is -3.51. The van der Waals surface area contributed by atoms with Gasteiger partial charge in [0.25, 0.3) is 10.1 Å². The SMILES string of the molecule is CCCC[C@H](OS(C)(=O)=O)[C@@H]1CC[C@H]([C@H](CCCC)O[Si](C(C)(C)C)C(C)(C)C)O1. The molecule has 5 nitrogen and oxygen atoms in total. The molecule has 1 aliphatic heterocycles. The van der Waals surface area contributed by atoms with Crippen LogP contribution in [-0.4, -0.2) is 48.1 Å². The Morgan fingerprint density at radius 3 is 1.73 bits per heavy atom. The number of ether oxygens (including phenoxy) is 1. The van der Waals surface area contributed by atoms with Gasteiger partial charge in [-0.1, -0.05) is 81.1 Å². The van der Waals surface area contributed by atoms with Crippen LogP contribution in [0.5, 0.6) is 0 Å². The molecular formula is C23H47O5SSi. The van der Waals surface area contributed by atoms with Gasteiger partial charge in [0.15, 0.2) is 0 Å². The number of rotatable bonds is 12. The third kappa shape index (κ3) is 9.68. The van der Waals surface area contributed by atoms with Crippen molar-refractivity contribution >= 4 is 19.2 Å². The van der Waals surface area contributed by atoms with Crippen LogP contribution in [0.15, 0.2) is 0 Å². The molecule has 1 saturated heterocycles. The molecular weight excluding hydrogens is 416 g/mol. The van der Waals surface area contributed by atoms with Crippen molar-refractivity contribution in [2.24, 2.45) is 0 Å². The maximum atomic E-state index is 11.8. The van der Waals surface area contributed by atoms with Crippen molar-refractivity contribution in [2.75, 3.05) is 6.26 Å². The summed E-state index contributed by atoms with van der Waals surface area (Å²) in [6, 6.07) is 0. The molecule has 0 amide bonds. The van der Waals surface area contributed by atoms with E-state index in [-0.39, 0.29) is 28.4 Å². The van der Waals surface area contributed by atoms with Crippen molar-refractivity contribution in [1.29, 1.82) is 0 Å². The third-order valence-corrected chi connectivity index (χ3v) is 9.39. The largest absolute Gasteiger partial charge is 0.410 e. The molecule has 1 aliphatic rings. The Labute approximate surface area is 188 Å². The van der Waals surface area contributed by atoms with Crippen molar-refractivity contribution in [3.05, 3.63) is 0 Å². The van der Waals surface area contributed by atoms with Gasteiger partial charge >= 0.3 is 0 Å². The van der Waals surface area contributed by atoms with Gasteiger partial charge in [-0.25, -0.2) is 0 Å². The summed E-state index contributed by atoms with van der Waals surface area (Å²) >= 11 is 0. The van der Waals surface area contributed by atoms with Gasteiger partial charge in [-0.05, 0) is 35.8 Å². The normalized spacial score (nSPS) is 23.1. The molecule has 0 saturated carbocycles. The van der Waals surface area contributed by atoms with E-state index in [9.17, 15) is 8.42 Å². The zero-order valence-electron chi connectivity index (χ0n) is 20.9. The van der Waals surface area contributed by atoms with Crippen LogP contribution in [0.1, 0.15) is 107 Å². The quantitative estimate of drug-likeness (QED) is 0.253. The van der Waals surface area contributed by atoms with E-state index in [4.69, 9.17) is 13.3 Å². The first-order valence-corrected chi connectivity index (χ1v) is 15.0.